The number of nitrogens with one attached hydrogen (secondary N) is 1. The topological polar surface area (TPSA) is 55.1 Å². The van der Waals surface area contributed by atoms with Crippen molar-refractivity contribution in [1.29, 1.82) is 0 Å². The molecule has 0 radical (unpaired) electrons. The fourth-order valence-corrected chi connectivity index (χ4v) is 2.82. The van der Waals surface area contributed by atoms with Crippen LogP contribution in [0.4, 0.5) is 5.69 Å². The summed E-state index contributed by atoms with van der Waals surface area (Å²) in [6.07, 6.45) is 3.52. The summed E-state index contributed by atoms with van der Waals surface area (Å²) in [7, 11) is 0. The smallest absolute Gasteiger partial charge is 0.263 e. The fourth-order valence-electron chi connectivity index (χ4n) is 2.10. The molecule has 0 saturated heterocycles. The Bertz CT molecular complexity index is 361. The highest BCUT2D eigenvalue weighted by Crippen LogP contribution is 2.26. The molecule has 3 N–H and O–H groups in total. The number of carbonyl (C=O) groups excluding carboxylic acids is 1. The summed E-state index contributed by atoms with van der Waals surface area (Å²) in [5.74, 6) is 0.580. The number of carbonyl (C=O) groups is 1. The maximum atomic E-state index is 11.8. The zero-order valence-electron chi connectivity index (χ0n) is 8.82. The van der Waals surface area contributed by atoms with Gasteiger partial charge in [-0.1, -0.05) is 13.3 Å². The standard InChI is InChI=1S/C11H16N2OS/c1-7-3-2-4-9(7)13-11(14)10-8(12)5-6-15-10/h5-7,9H,2-4,12H2,1H3,(H,13,14). The van der Waals surface area contributed by atoms with E-state index in [4.69, 9.17) is 5.73 Å². The van der Waals surface area contributed by atoms with Gasteiger partial charge < -0.3 is 11.1 Å². The number of amides is 1. The van der Waals surface area contributed by atoms with E-state index in [-0.39, 0.29) is 5.91 Å². The molecule has 0 aliphatic heterocycles. The van der Waals surface area contributed by atoms with Gasteiger partial charge in [0.05, 0.1) is 5.69 Å². The first-order chi connectivity index (χ1) is 7.18. The minimum Gasteiger partial charge on any atom is -0.397 e. The van der Waals surface area contributed by atoms with E-state index in [1.807, 2.05) is 5.38 Å². The van der Waals surface area contributed by atoms with E-state index in [0.717, 1.165) is 6.42 Å². The number of anilines is 1. The van der Waals surface area contributed by atoms with Crippen molar-refractivity contribution in [3.8, 4) is 0 Å². The summed E-state index contributed by atoms with van der Waals surface area (Å²) in [4.78, 5) is 12.5. The quantitative estimate of drug-likeness (QED) is 0.809. The van der Waals surface area contributed by atoms with Gasteiger partial charge in [-0.3, -0.25) is 4.79 Å². The zero-order valence-corrected chi connectivity index (χ0v) is 9.64. The number of nitrogens with two attached hydrogens (primary N) is 1. The van der Waals surface area contributed by atoms with Crippen LogP contribution in [0.1, 0.15) is 35.9 Å². The van der Waals surface area contributed by atoms with Crippen LogP contribution in [0.15, 0.2) is 11.4 Å². The highest BCUT2D eigenvalue weighted by Gasteiger charge is 2.25. The first-order valence-corrected chi connectivity index (χ1v) is 6.20. The second kappa shape index (κ2) is 4.23. The van der Waals surface area contributed by atoms with E-state index in [9.17, 15) is 4.79 Å². The van der Waals surface area contributed by atoms with E-state index in [1.54, 1.807) is 6.07 Å². The van der Waals surface area contributed by atoms with E-state index < -0.39 is 0 Å². The van der Waals surface area contributed by atoms with Crippen molar-refractivity contribution in [2.24, 2.45) is 5.92 Å². The first kappa shape index (κ1) is 10.5. The molecule has 82 valence electrons. The molecule has 2 atom stereocenters. The van der Waals surface area contributed by atoms with E-state index in [2.05, 4.69) is 12.2 Å². The third-order valence-electron chi connectivity index (χ3n) is 3.08. The zero-order chi connectivity index (χ0) is 10.8. The average molecular weight is 224 g/mol. The third-order valence-corrected chi connectivity index (χ3v) is 4.01. The molecule has 4 heteroatoms. The number of hydrogen-bond donors (Lipinski definition) is 2. The van der Waals surface area contributed by atoms with E-state index in [1.165, 1.54) is 24.2 Å². The molecule has 1 saturated carbocycles. The Balaban J connectivity index is 2.01. The average Bonchev–Trinajstić information content (AvgIpc) is 2.76. The van der Waals surface area contributed by atoms with Crippen LogP contribution < -0.4 is 11.1 Å². The van der Waals surface area contributed by atoms with Gasteiger partial charge in [0.25, 0.3) is 5.91 Å². The molecule has 1 fully saturated rings. The molecule has 15 heavy (non-hydrogen) atoms. The molecule has 1 heterocycles. The summed E-state index contributed by atoms with van der Waals surface area (Å²) < 4.78 is 0. The summed E-state index contributed by atoms with van der Waals surface area (Å²) in [5, 5.41) is 4.91. The predicted octanol–water partition coefficient (Wildman–Crippen LogP) is 2.25. The molecule has 3 nitrogen and oxygen atoms in total. The Hall–Kier alpha value is -1.03. The maximum Gasteiger partial charge on any atom is 0.263 e. The summed E-state index contributed by atoms with van der Waals surface area (Å²) in [5.41, 5.74) is 6.29. The predicted molar refractivity (Wildman–Crippen MR) is 63.0 cm³/mol. The van der Waals surface area contributed by atoms with Gasteiger partial charge in [0.2, 0.25) is 0 Å². The van der Waals surface area contributed by atoms with Gasteiger partial charge in [0.15, 0.2) is 0 Å². The van der Waals surface area contributed by atoms with Crippen LogP contribution >= 0.6 is 11.3 Å². The van der Waals surface area contributed by atoms with Crippen LogP contribution in [0, 0.1) is 5.92 Å². The summed E-state index contributed by atoms with van der Waals surface area (Å²) >= 11 is 1.41. The highest BCUT2D eigenvalue weighted by molar-refractivity contribution is 7.12. The molecule has 2 unspecified atom stereocenters. The summed E-state index contributed by atoms with van der Waals surface area (Å²) in [6, 6.07) is 2.11. The molecular weight excluding hydrogens is 208 g/mol. The van der Waals surface area contributed by atoms with Crippen molar-refractivity contribution in [1.82, 2.24) is 5.32 Å². The van der Waals surface area contributed by atoms with Crippen molar-refractivity contribution in [3.63, 3.8) is 0 Å². The monoisotopic (exact) mass is 224 g/mol. The van der Waals surface area contributed by atoms with Crippen molar-refractivity contribution >= 4 is 22.9 Å². The van der Waals surface area contributed by atoms with Gasteiger partial charge in [0, 0.05) is 6.04 Å². The molecule has 0 aromatic carbocycles. The largest absolute Gasteiger partial charge is 0.397 e. The molecule has 1 aromatic heterocycles. The number of nitrogen functional groups attached to an aromatic ring is 1. The lowest BCUT2D eigenvalue weighted by molar-refractivity contribution is 0.0934. The first-order valence-electron chi connectivity index (χ1n) is 5.32. The Kier molecular flexibility index (Phi) is 2.95. The molecule has 0 bridgehead atoms. The number of thiophene rings is 1. The highest BCUT2D eigenvalue weighted by atomic mass is 32.1. The Labute approximate surface area is 93.7 Å². The Morgan fingerprint density at radius 1 is 1.60 bits per heavy atom. The van der Waals surface area contributed by atoms with Gasteiger partial charge in [-0.25, -0.2) is 0 Å². The molecule has 2 rings (SSSR count). The van der Waals surface area contributed by atoms with Crippen LogP contribution in [-0.4, -0.2) is 11.9 Å². The van der Waals surface area contributed by atoms with Gasteiger partial charge in [-0.2, -0.15) is 0 Å². The normalized spacial score (nSPS) is 25.4. The fraction of sp³-hybridized carbons (Fsp3) is 0.545. The van der Waals surface area contributed by atoms with Crippen molar-refractivity contribution in [2.75, 3.05) is 5.73 Å². The van der Waals surface area contributed by atoms with Crippen molar-refractivity contribution < 1.29 is 4.79 Å². The van der Waals surface area contributed by atoms with E-state index in [0.29, 0.717) is 22.5 Å². The van der Waals surface area contributed by atoms with Crippen LogP contribution in [0.5, 0.6) is 0 Å². The lowest BCUT2D eigenvalue weighted by atomic mass is 10.1. The molecule has 0 spiro atoms. The van der Waals surface area contributed by atoms with Gasteiger partial charge in [-0.05, 0) is 30.2 Å². The van der Waals surface area contributed by atoms with Crippen molar-refractivity contribution in [2.45, 2.75) is 32.2 Å². The second-order valence-electron chi connectivity index (χ2n) is 4.19. The number of hydrogen-bond acceptors (Lipinski definition) is 3. The van der Waals surface area contributed by atoms with Crippen LogP contribution in [0.25, 0.3) is 0 Å². The maximum absolute atomic E-state index is 11.8. The van der Waals surface area contributed by atoms with Gasteiger partial charge in [-0.15, -0.1) is 11.3 Å². The molecule has 1 aliphatic rings. The SMILES string of the molecule is CC1CCCC1NC(=O)c1sccc1N. The van der Waals surface area contributed by atoms with E-state index >= 15 is 0 Å². The molecular formula is C11H16N2OS. The minimum absolute atomic E-state index is 0.0127. The second-order valence-corrected chi connectivity index (χ2v) is 5.11. The molecule has 1 amide bonds. The molecule has 1 aliphatic carbocycles. The Morgan fingerprint density at radius 2 is 2.40 bits per heavy atom. The van der Waals surface area contributed by atoms with Gasteiger partial charge in [0.1, 0.15) is 4.88 Å². The van der Waals surface area contributed by atoms with Crippen molar-refractivity contribution in [3.05, 3.63) is 16.3 Å². The van der Waals surface area contributed by atoms with Crippen LogP contribution in [0.2, 0.25) is 0 Å². The third kappa shape index (κ3) is 2.15. The lowest BCUT2D eigenvalue weighted by Crippen LogP contribution is -2.36. The lowest BCUT2D eigenvalue weighted by Gasteiger charge is -2.16. The van der Waals surface area contributed by atoms with Crippen LogP contribution in [-0.2, 0) is 0 Å². The number of rotatable bonds is 2. The van der Waals surface area contributed by atoms with Crippen LogP contribution in [0.3, 0.4) is 0 Å². The molecule has 1 aromatic rings. The minimum atomic E-state index is -0.0127. The summed E-state index contributed by atoms with van der Waals surface area (Å²) in [6.45, 7) is 2.19. The van der Waals surface area contributed by atoms with Gasteiger partial charge >= 0.3 is 0 Å². The Morgan fingerprint density at radius 3 is 2.93 bits per heavy atom.